The molecule has 136 valence electrons. The molecule has 2 aromatic carbocycles. The van der Waals surface area contributed by atoms with Crippen molar-refractivity contribution in [1.29, 1.82) is 0 Å². The molecule has 0 saturated carbocycles. The van der Waals surface area contributed by atoms with E-state index in [1.807, 2.05) is 30.3 Å². The number of aliphatic imine (C=N–C) groups is 1. The van der Waals surface area contributed by atoms with Crippen LogP contribution in [0.25, 0.3) is 0 Å². The number of amidine groups is 1. The molecule has 6 heteroatoms. The third kappa shape index (κ3) is 3.54. The fourth-order valence-corrected chi connectivity index (χ4v) is 4.02. The maximum absolute atomic E-state index is 6.24. The highest BCUT2D eigenvalue weighted by molar-refractivity contribution is 6.42. The van der Waals surface area contributed by atoms with E-state index in [2.05, 4.69) is 28.1 Å². The largest absolute Gasteiger partial charge is 0.371 e. The van der Waals surface area contributed by atoms with Crippen molar-refractivity contribution >= 4 is 40.4 Å². The SMILES string of the molecule is Clc1cc2c(cc1Cl)NC1(CCCNCC1)C(=NCc1ccccc1)N2. The zero-order valence-electron chi connectivity index (χ0n) is 14.5. The molecule has 1 atom stereocenters. The molecule has 4 nitrogen and oxygen atoms in total. The van der Waals surface area contributed by atoms with Crippen LogP contribution < -0.4 is 16.0 Å². The van der Waals surface area contributed by atoms with Crippen LogP contribution in [0.2, 0.25) is 10.0 Å². The summed E-state index contributed by atoms with van der Waals surface area (Å²) in [6.07, 6.45) is 3.07. The van der Waals surface area contributed by atoms with Gasteiger partial charge in [-0.3, -0.25) is 4.99 Å². The van der Waals surface area contributed by atoms with Gasteiger partial charge in [0.05, 0.1) is 33.5 Å². The van der Waals surface area contributed by atoms with E-state index in [-0.39, 0.29) is 5.54 Å². The maximum atomic E-state index is 6.24. The highest BCUT2D eigenvalue weighted by Crippen LogP contribution is 2.40. The molecule has 2 aliphatic rings. The highest BCUT2D eigenvalue weighted by atomic mass is 35.5. The number of hydrogen-bond acceptors (Lipinski definition) is 3. The van der Waals surface area contributed by atoms with Gasteiger partial charge in [0.25, 0.3) is 0 Å². The second-order valence-electron chi connectivity index (χ2n) is 6.90. The summed E-state index contributed by atoms with van der Waals surface area (Å²) in [5.74, 6) is 0.982. The summed E-state index contributed by atoms with van der Waals surface area (Å²) in [7, 11) is 0. The average molecular weight is 389 g/mol. The number of fused-ring (bicyclic) bond motifs is 1. The Labute approximate surface area is 164 Å². The van der Waals surface area contributed by atoms with Crippen molar-refractivity contribution in [3.05, 3.63) is 58.1 Å². The van der Waals surface area contributed by atoms with Crippen molar-refractivity contribution in [2.24, 2.45) is 4.99 Å². The van der Waals surface area contributed by atoms with Crippen LogP contribution in [0.1, 0.15) is 24.8 Å². The van der Waals surface area contributed by atoms with Crippen molar-refractivity contribution in [3.8, 4) is 0 Å². The molecule has 1 unspecified atom stereocenters. The van der Waals surface area contributed by atoms with E-state index < -0.39 is 0 Å². The van der Waals surface area contributed by atoms with Crippen LogP contribution >= 0.6 is 23.2 Å². The molecule has 2 aromatic rings. The molecular formula is C20H22Cl2N4. The Bertz CT molecular complexity index is 812. The number of hydrogen-bond donors (Lipinski definition) is 3. The first-order valence-electron chi connectivity index (χ1n) is 9.00. The molecule has 26 heavy (non-hydrogen) atoms. The summed E-state index contributed by atoms with van der Waals surface area (Å²) in [6.45, 7) is 2.63. The number of benzene rings is 2. The fourth-order valence-electron chi connectivity index (χ4n) is 3.69. The zero-order chi connectivity index (χ0) is 18.0. The molecule has 2 aliphatic heterocycles. The topological polar surface area (TPSA) is 48.5 Å². The predicted octanol–water partition coefficient (Wildman–Crippen LogP) is 4.94. The van der Waals surface area contributed by atoms with Gasteiger partial charge in [-0.1, -0.05) is 53.5 Å². The van der Waals surface area contributed by atoms with Crippen LogP contribution in [0.5, 0.6) is 0 Å². The second kappa shape index (κ2) is 7.47. The van der Waals surface area contributed by atoms with Crippen LogP contribution in [-0.4, -0.2) is 24.5 Å². The molecule has 4 rings (SSSR count). The minimum absolute atomic E-state index is 0.206. The summed E-state index contributed by atoms with van der Waals surface area (Å²) >= 11 is 12.5. The molecule has 0 radical (unpaired) electrons. The summed E-state index contributed by atoms with van der Waals surface area (Å²) in [4.78, 5) is 4.96. The van der Waals surface area contributed by atoms with Gasteiger partial charge in [0.2, 0.25) is 0 Å². The number of nitrogens with zero attached hydrogens (tertiary/aromatic N) is 1. The lowest BCUT2D eigenvalue weighted by Gasteiger charge is -2.41. The van der Waals surface area contributed by atoms with Crippen molar-refractivity contribution < 1.29 is 0 Å². The van der Waals surface area contributed by atoms with Crippen LogP contribution in [0.3, 0.4) is 0 Å². The van der Waals surface area contributed by atoms with Crippen molar-refractivity contribution in [2.45, 2.75) is 31.3 Å². The molecule has 1 fully saturated rings. The number of rotatable bonds is 2. The van der Waals surface area contributed by atoms with Crippen LogP contribution in [-0.2, 0) is 6.54 Å². The lowest BCUT2D eigenvalue weighted by molar-refractivity contribution is 0.538. The van der Waals surface area contributed by atoms with Gasteiger partial charge in [0.1, 0.15) is 5.84 Å². The molecular weight excluding hydrogens is 367 g/mol. The molecule has 3 N–H and O–H groups in total. The molecule has 0 aliphatic carbocycles. The van der Waals surface area contributed by atoms with Gasteiger partial charge in [-0.15, -0.1) is 0 Å². The number of halogens is 2. The van der Waals surface area contributed by atoms with Gasteiger partial charge < -0.3 is 16.0 Å². The zero-order valence-corrected chi connectivity index (χ0v) is 16.0. The lowest BCUT2D eigenvalue weighted by atomic mass is 9.86. The summed E-state index contributed by atoms with van der Waals surface area (Å²) in [6, 6.07) is 14.1. The Kier molecular flexibility index (Phi) is 5.07. The summed E-state index contributed by atoms with van der Waals surface area (Å²) in [5, 5.41) is 11.9. The number of nitrogens with one attached hydrogen (secondary N) is 3. The van der Waals surface area contributed by atoms with Gasteiger partial charge in [-0.2, -0.15) is 0 Å². The van der Waals surface area contributed by atoms with E-state index in [0.29, 0.717) is 16.6 Å². The Hall–Kier alpha value is -1.75. The summed E-state index contributed by atoms with van der Waals surface area (Å²) in [5.41, 5.74) is 2.90. The standard InChI is InChI=1S/C20H22Cl2N4/c21-15-11-17-18(12-16(15)22)26-20(7-4-9-23-10-8-20)19(25-17)24-13-14-5-2-1-3-6-14/h1-3,5-6,11-12,23,26H,4,7-10,13H2,(H,24,25). The van der Waals surface area contributed by atoms with Crippen molar-refractivity contribution in [3.63, 3.8) is 0 Å². The fraction of sp³-hybridized carbons (Fsp3) is 0.350. The van der Waals surface area contributed by atoms with Gasteiger partial charge in [0, 0.05) is 0 Å². The Morgan fingerprint density at radius 2 is 1.73 bits per heavy atom. The normalized spacial score (nSPS) is 23.8. The maximum Gasteiger partial charge on any atom is 0.127 e. The predicted molar refractivity (Wildman–Crippen MR) is 111 cm³/mol. The van der Waals surface area contributed by atoms with Crippen LogP contribution in [0.15, 0.2) is 47.5 Å². The van der Waals surface area contributed by atoms with E-state index >= 15 is 0 Å². The Morgan fingerprint density at radius 1 is 0.962 bits per heavy atom. The third-order valence-electron chi connectivity index (χ3n) is 5.09. The Morgan fingerprint density at radius 3 is 2.54 bits per heavy atom. The quantitative estimate of drug-likeness (QED) is 0.682. The first-order valence-corrected chi connectivity index (χ1v) is 9.76. The second-order valence-corrected chi connectivity index (χ2v) is 7.71. The van der Waals surface area contributed by atoms with E-state index in [9.17, 15) is 0 Å². The number of anilines is 2. The monoisotopic (exact) mass is 388 g/mol. The van der Waals surface area contributed by atoms with Gasteiger partial charge in [-0.05, 0) is 50.0 Å². The van der Waals surface area contributed by atoms with Gasteiger partial charge in [-0.25, -0.2) is 0 Å². The molecule has 0 aromatic heterocycles. The third-order valence-corrected chi connectivity index (χ3v) is 5.81. The van der Waals surface area contributed by atoms with E-state index in [1.165, 1.54) is 5.56 Å². The van der Waals surface area contributed by atoms with Crippen LogP contribution in [0.4, 0.5) is 11.4 Å². The van der Waals surface area contributed by atoms with Gasteiger partial charge in [0.15, 0.2) is 0 Å². The highest BCUT2D eigenvalue weighted by Gasteiger charge is 2.40. The van der Waals surface area contributed by atoms with Gasteiger partial charge >= 0.3 is 0 Å². The first-order chi connectivity index (χ1) is 12.7. The average Bonchev–Trinajstić information content (AvgIpc) is 2.89. The molecule has 1 saturated heterocycles. The van der Waals surface area contributed by atoms with Crippen molar-refractivity contribution in [2.75, 3.05) is 23.7 Å². The van der Waals surface area contributed by atoms with Crippen molar-refractivity contribution in [1.82, 2.24) is 5.32 Å². The minimum Gasteiger partial charge on any atom is -0.371 e. The van der Waals surface area contributed by atoms with Crippen LogP contribution in [0, 0.1) is 0 Å². The molecule has 1 spiro atoms. The smallest absolute Gasteiger partial charge is 0.127 e. The van der Waals surface area contributed by atoms with E-state index in [4.69, 9.17) is 28.2 Å². The minimum atomic E-state index is -0.206. The molecule has 2 heterocycles. The molecule has 0 bridgehead atoms. The molecule has 0 amide bonds. The van der Waals surface area contributed by atoms with E-state index in [0.717, 1.165) is 49.6 Å². The Balaban J connectivity index is 1.71. The first kappa shape index (κ1) is 17.7. The van der Waals surface area contributed by atoms with E-state index in [1.54, 1.807) is 0 Å². The lowest BCUT2D eigenvalue weighted by Crippen LogP contribution is -2.53. The summed E-state index contributed by atoms with van der Waals surface area (Å²) < 4.78 is 0.